The Morgan fingerprint density at radius 3 is 2.05 bits per heavy atom. The predicted molar refractivity (Wildman–Crippen MR) is 156 cm³/mol. The average Bonchev–Trinajstić information content (AvgIpc) is 2.99. The Morgan fingerprint density at radius 2 is 1.37 bits per heavy atom. The van der Waals surface area contributed by atoms with E-state index >= 15 is 0 Å². The third-order valence-electron chi connectivity index (χ3n) is 5.55. The van der Waals surface area contributed by atoms with Crippen molar-refractivity contribution in [3.8, 4) is 11.5 Å². The lowest BCUT2D eigenvalue weighted by Crippen LogP contribution is -2.27. The molecule has 214 valence electrons. The molecule has 3 aromatic carbocycles. The summed E-state index contributed by atoms with van der Waals surface area (Å²) in [5.74, 6) is 1.68. The number of nitrogens with zero attached hydrogens (tertiary/aromatic N) is 3. The van der Waals surface area contributed by atoms with Gasteiger partial charge in [0.1, 0.15) is 11.5 Å². The summed E-state index contributed by atoms with van der Waals surface area (Å²) in [6.45, 7) is 2.42. The Bertz CT molecular complexity index is 1370. The van der Waals surface area contributed by atoms with Gasteiger partial charge >= 0.3 is 0 Å². The molecule has 0 atom stereocenters. The second kappa shape index (κ2) is 15.6. The lowest BCUT2D eigenvalue weighted by atomic mass is 10.2. The molecule has 5 N–H and O–H groups in total. The van der Waals surface area contributed by atoms with Crippen LogP contribution in [0.3, 0.4) is 0 Å². The molecule has 0 fully saturated rings. The molecule has 12 nitrogen and oxygen atoms in total. The van der Waals surface area contributed by atoms with Gasteiger partial charge in [-0.3, -0.25) is 4.79 Å². The fourth-order valence-corrected chi connectivity index (χ4v) is 3.55. The van der Waals surface area contributed by atoms with Gasteiger partial charge in [-0.05, 0) is 54.6 Å². The Morgan fingerprint density at radius 1 is 0.732 bits per heavy atom. The van der Waals surface area contributed by atoms with Crippen molar-refractivity contribution < 1.29 is 24.1 Å². The third-order valence-corrected chi connectivity index (χ3v) is 5.55. The highest BCUT2D eigenvalue weighted by molar-refractivity contribution is 5.94. The van der Waals surface area contributed by atoms with Crippen LogP contribution in [0.4, 0.5) is 29.2 Å². The summed E-state index contributed by atoms with van der Waals surface area (Å²) in [5.41, 5.74) is 2.09. The highest BCUT2D eigenvalue weighted by Gasteiger charge is 2.08. The first-order valence-corrected chi connectivity index (χ1v) is 13.0. The second-order valence-electron chi connectivity index (χ2n) is 8.61. The van der Waals surface area contributed by atoms with Crippen LogP contribution < -0.4 is 26.0 Å². The van der Waals surface area contributed by atoms with E-state index in [1.807, 2.05) is 30.3 Å². The molecule has 0 aliphatic carbocycles. The average molecular weight is 560 g/mol. The molecule has 41 heavy (non-hydrogen) atoms. The molecule has 0 saturated heterocycles. The maximum absolute atomic E-state index is 12.2. The summed E-state index contributed by atoms with van der Waals surface area (Å²) >= 11 is 0. The number of amides is 1. The first kappa shape index (κ1) is 29.1. The first-order chi connectivity index (χ1) is 20.1. The van der Waals surface area contributed by atoms with E-state index < -0.39 is 0 Å². The number of aromatic nitrogens is 3. The van der Waals surface area contributed by atoms with Crippen LogP contribution in [0.25, 0.3) is 0 Å². The fourth-order valence-electron chi connectivity index (χ4n) is 3.55. The van der Waals surface area contributed by atoms with Gasteiger partial charge in [-0.2, -0.15) is 15.0 Å². The standard InChI is InChI=1S/C29H33N7O5/c1-39-25-9-5-6-21(20-25)26(38)30-14-16-40-18-19-41-17-15-31-27-34-28(32-22-7-3-2-4-8-22)36-29(35-27)33-23-10-12-24(37)13-11-23/h2-13,20,37H,14-19H2,1H3,(H,30,38)(H3,31,32,33,34,35,36). The Hall–Kier alpha value is -4.94. The van der Waals surface area contributed by atoms with Crippen molar-refractivity contribution in [3.05, 3.63) is 84.4 Å². The van der Waals surface area contributed by atoms with Crippen LogP contribution in [-0.4, -0.2) is 72.6 Å². The number of phenolic OH excluding ortho intramolecular Hbond substituents is 1. The molecule has 4 aromatic rings. The maximum Gasteiger partial charge on any atom is 0.251 e. The largest absolute Gasteiger partial charge is 0.508 e. The number of benzene rings is 3. The summed E-state index contributed by atoms with van der Waals surface area (Å²) in [7, 11) is 1.56. The molecular formula is C29H33N7O5. The molecule has 12 heteroatoms. The van der Waals surface area contributed by atoms with Crippen molar-refractivity contribution in [3.63, 3.8) is 0 Å². The van der Waals surface area contributed by atoms with Crippen molar-refractivity contribution in [1.29, 1.82) is 0 Å². The summed E-state index contributed by atoms with van der Waals surface area (Å²) in [6, 6.07) is 23.1. The molecule has 1 heterocycles. The number of phenols is 1. The van der Waals surface area contributed by atoms with Crippen molar-refractivity contribution >= 4 is 35.1 Å². The molecule has 1 amide bonds. The van der Waals surface area contributed by atoms with Gasteiger partial charge in [-0.15, -0.1) is 0 Å². The van der Waals surface area contributed by atoms with Gasteiger partial charge in [0.2, 0.25) is 17.8 Å². The van der Waals surface area contributed by atoms with E-state index in [0.29, 0.717) is 74.4 Å². The van der Waals surface area contributed by atoms with Gasteiger partial charge in [0, 0.05) is 30.0 Å². The van der Waals surface area contributed by atoms with E-state index in [4.69, 9.17) is 14.2 Å². The zero-order valence-corrected chi connectivity index (χ0v) is 22.7. The number of para-hydroxylation sites is 1. The summed E-state index contributed by atoms with van der Waals surface area (Å²) < 4.78 is 16.3. The van der Waals surface area contributed by atoms with Crippen LogP contribution in [0, 0.1) is 0 Å². The minimum Gasteiger partial charge on any atom is -0.508 e. The zero-order chi connectivity index (χ0) is 28.7. The molecule has 1 aromatic heterocycles. The number of ether oxygens (including phenoxy) is 3. The van der Waals surface area contributed by atoms with Crippen LogP contribution in [-0.2, 0) is 9.47 Å². The van der Waals surface area contributed by atoms with E-state index in [2.05, 4.69) is 36.2 Å². The zero-order valence-electron chi connectivity index (χ0n) is 22.7. The van der Waals surface area contributed by atoms with Crippen molar-refractivity contribution in [2.75, 3.05) is 62.6 Å². The lowest BCUT2D eigenvalue weighted by molar-refractivity contribution is 0.0519. The SMILES string of the molecule is COc1cccc(C(=O)NCCOCCOCCNc2nc(Nc3ccccc3)nc(Nc3ccc(O)cc3)n2)c1. The van der Waals surface area contributed by atoms with Gasteiger partial charge in [-0.25, -0.2) is 0 Å². The minimum atomic E-state index is -0.184. The number of hydrogen-bond donors (Lipinski definition) is 5. The van der Waals surface area contributed by atoms with Crippen LogP contribution in [0.1, 0.15) is 10.4 Å². The Labute approximate surface area is 238 Å². The van der Waals surface area contributed by atoms with Gasteiger partial charge in [-0.1, -0.05) is 24.3 Å². The van der Waals surface area contributed by atoms with E-state index in [1.165, 1.54) is 0 Å². The molecule has 0 aliphatic heterocycles. The Balaban J connectivity index is 1.17. The molecule has 0 radical (unpaired) electrons. The highest BCUT2D eigenvalue weighted by atomic mass is 16.5. The smallest absolute Gasteiger partial charge is 0.251 e. The predicted octanol–water partition coefficient (Wildman–Crippen LogP) is 3.95. The molecule has 0 unspecified atom stereocenters. The van der Waals surface area contributed by atoms with Gasteiger partial charge < -0.3 is 40.6 Å². The third kappa shape index (κ3) is 9.95. The molecular weight excluding hydrogens is 526 g/mol. The number of methoxy groups -OCH3 is 1. The molecule has 0 spiro atoms. The van der Waals surface area contributed by atoms with Crippen LogP contribution in [0.5, 0.6) is 11.5 Å². The number of carbonyl (C=O) groups is 1. The van der Waals surface area contributed by atoms with E-state index in [1.54, 1.807) is 55.6 Å². The number of nitrogens with one attached hydrogen (secondary N) is 4. The van der Waals surface area contributed by atoms with Crippen molar-refractivity contribution in [2.24, 2.45) is 0 Å². The molecule has 0 saturated carbocycles. The summed E-state index contributed by atoms with van der Waals surface area (Å²) in [5, 5.41) is 21.8. The van der Waals surface area contributed by atoms with E-state index in [9.17, 15) is 9.90 Å². The fraction of sp³-hybridized carbons (Fsp3) is 0.241. The lowest BCUT2D eigenvalue weighted by Gasteiger charge is -2.12. The normalized spacial score (nSPS) is 10.6. The van der Waals surface area contributed by atoms with Gasteiger partial charge in [0.15, 0.2) is 0 Å². The number of rotatable bonds is 16. The first-order valence-electron chi connectivity index (χ1n) is 13.0. The van der Waals surface area contributed by atoms with Gasteiger partial charge in [0.25, 0.3) is 5.91 Å². The van der Waals surface area contributed by atoms with Crippen LogP contribution in [0.15, 0.2) is 78.9 Å². The van der Waals surface area contributed by atoms with Crippen LogP contribution in [0.2, 0.25) is 0 Å². The molecule has 4 rings (SSSR count). The molecule has 0 bridgehead atoms. The number of hydrogen-bond acceptors (Lipinski definition) is 11. The van der Waals surface area contributed by atoms with E-state index in [-0.39, 0.29) is 11.7 Å². The highest BCUT2D eigenvalue weighted by Crippen LogP contribution is 2.20. The van der Waals surface area contributed by atoms with Crippen molar-refractivity contribution in [1.82, 2.24) is 20.3 Å². The van der Waals surface area contributed by atoms with E-state index in [0.717, 1.165) is 5.69 Å². The summed E-state index contributed by atoms with van der Waals surface area (Å²) in [4.78, 5) is 25.5. The summed E-state index contributed by atoms with van der Waals surface area (Å²) in [6.07, 6.45) is 0. The van der Waals surface area contributed by atoms with Crippen molar-refractivity contribution in [2.45, 2.75) is 0 Å². The number of anilines is 5. The Kier molecular flexibility index (Phi) is 11.1. The van der Waals surface area contributed by atoms with Gasteiger partial charge in [0.05, 0.1) is 33.5 Å². The number of carbonyl (C=O) groups excluding carboxylic acids is 1. The minimum absolute atomic E-state index is 0.168. The van der Waals surface area contributed by atoms with Crippen LogP contribution >= 0.6 is 0 Å². The molecule has 0 aliphatic rings. The number of aromatic hydroxyl groups is 1. The monoisotopic (exact) mass is 559 g/mol. The maximum atomic E-state index is 12.2. The topological polar surface area (TPSA) is 152 Å². The quantitative estimate of drug-likeness (QED) is 0.100. The second-order valence-corrected chi connectivity index (χ2v) is 8.61.